The Morgan fingerprint density at radius 2 is 2.17 bits per heavy atom. The van der Waals surface area contributed by atoms with Crippen molar-refractivity contribution in [2.24, 2.45) is 0 Å². The molecule has 2 N–H and O–H groups in total. The molecule has 2 aromatic rings. The van der Waals surface area contributed by atoms with E-state index in [1.807, 2.05) is 24.4 Å². The molecule has 0 bridgehead atoms. The minimum atomic E-state index is -0.294. The van der Waals surface area contributed by atoms with Gasteiger partial charge in [-0.2, -0.15) is 0 Å². The van der Waals surface area contributed by atoms with Crippen molar-refractivity contribution < 1.29 is 14.3 Å². The quantitative estimate of drug-likeness (QED) is 0.621. The number of morpholine rings is 1. The Morgan fingerprint density at radius 3 is 2.87 bits per heavy atom. The third-order valence-electron chi connectivity index (χ3n) is 4.70. The second kappa shape index (κ2) is 10.9. The van der Waals surface area contributed by atoms with Crippen LogP contribution in [0.2, 0.25) is 5.02 Å². The first-order valence-electron chi connectivity index (χ1n) is 10.2. The minimum Gasteiger partial charge on any atom is -0.489 e. The van der Waals surface area contributed by atoms with Gasteiger partial charge < -0.3 is 14.8 Å². The number of aromatic nitrogens is 1. The second-order valence-corrected chi connectivity index (χ2v) is 8.83. The van der Waals surface area contributed by atoms with E-state index in [9.17, 15) is 4.79 Å². The van der Waals surface area contributed by atoms with Crippen molar-refractivity contribution in [3.05, 3.63) is 40.4 Å². The Labute approximate surface area is 186 Å². The lowest BCUT2D eigenvalue weighted by molar-refractivity contribution is -0.0707. The summed E-state index contributed by atoms with van der Waals surface area (Å²) in [5.41, 5.74) is 0.951. The Hall–Kier alpha value is -1.87. The number of anilines is 1. The van der Waals surface area contributed by atoms with E-state index < -0.39 is 0 Å². The summed E-state index contributed by atoms with van der Waals surface area (Å²) in [5, 5.41) is 8.84. The van der Waals surface area contributed by atoms with Crippen LogP contribution in [0.5, 0.6) is 5.75 Å². The molecule has 7 nitrogen and oxygen atoms in total. The van der Waals surface area contributed by atoms with E-state index in [4.69, 9.17) is 21.1 Å². The molecule has 2 heterocycles. The zero-order valence-corrected chi connectivity index (χ0v) is 19.1. The van der Waals surface area contributed by atoms with Gasteiger partial charge in [-0.05, 0) is 38.5 Å². The number of halogens is 1. The predicted molar refractivity (Wildman–Crippen MR) is 121 cm³/mol. The number of hydrogen-bond acceptors (Lipinski definition) is 6. The van der Waals surface area contributed by atoms with Gasteiger partial charge in [0.05, 0.1) is 24.4 Å². The summed E-state index contributed by atoms with van der Waals surface area (Å²) in [7, 11) is 0. The number of ether oxygens (including phenoxy) is 2. The molecule has 0 radical (unpaired) electrons. The number of urea groups is 1. The fourth-order valence-electron chi connectivity index (χ4n) is 3.43. The highest BCUT2D eigenvalue weighted by Crippen LogP contribution is 2.20. The van der Waals surface area contributed by atoms with Gasteiger partial charge in [-0.3, -0.25) is 10.2 Å². The summed E-state index contributed by atoms with van der Waals surface area (Å²) in [4.78, 5) is 19.1. The van der Waals surface area contributed by atoms with Crippen molar-refractivity contribution in [1.82, 2.24) is 15.2 Å². The van der Waals surface area contributed by atoms with E-state index in [-0.39, 0.29) is 24.3 Å². The maximum absolute atomic E-state index is 12.3. The third-order valence-corrected chi connectivity index (χ3v) is 5.74. The number of benzene rings is 1. The van der Waals surface area contributed by atoms with E-state index in [2.05, 4.69) is 34.4 Å². The number of hydrogen-bond donors (Lipinski definition) is 2. The van der Waals surface area contributed by atoms with Gasteiger partial charge in [0.2, 0.25) is 0 Å². The van der Waals surface area contributed by atoms with Gasteiger partial charge >= 0.3 is 6.03 Å². The summed E-state index contributed by atoms with van der Waals surface area (Å²) < 4.78 is 11.7. The van der Waals surface area contributed by atoms with E-state index in [0.29, 0.717) is 22.4 Å². The molecule has 1 saturated heterocycles. The molecule has 3 atom stereocenters. The van der Waals surface area contributed by atoms with Crippen molar-refractivity contribution in [3.8, 4) is 5.75 Å². The molecule has 1 fully saturated rings. The van der Waals surface area contributed by atoms with Crippen LogP contribution in [0.15, 0.2) is 29.6 Å². The summed E-state index contributed by atoms with van der Waals surface area (Å²) in [6, 6.07) is 6.95. The number of nitrogens with zero attached hydrogens (tertiary/aromatic N) is 2. The number of nitrogens with one attached hydrogen (secondary N) is 2. The summed E-state index contributed by atoms with van der Waals surface area (Å²) in [6.07, 6.45) is 1.05. The average Bonchev–Trinajstić information content (AvgIpc) is 3.11. The molecule has 1 aliphatic rings. The highest BCUT2D eigenvalue weighted by atomic mass is 35.5. The van der Waals surface area contributed by atoms with Gasteiger partial charge in [-0.1, -0.05) is 24.6 Å². The van der Waals surface area contributed by atoms with Crippen LogP contribution in [0.4, 0.5) is 9.93 Å². The Bertz CT molecular complexity index is 824. The Balaban J connectivity index is 1.44. The van der Waals surface area contributed by atoms with Gasteiger partial charge in [0.25, 0.3) is 0 Å². The normalized spacial score (nSPS) is 20.5. The van der Waals surface area contributed by atoms with Crippen molar-refractivity contribution in [3.63, 3.8) is 0 Å². The van der Waals surface area contributed by atoms with Crippen LogP contribution in [0.1, 0.15) is 32.9 Å². The van der Waals surface area contributed by atoms with Crippen molar-refractivity contribution in [2.75, 3.05) is 25.0 Å². The minimum absolute atomic E-state index is 0.147. The summed E-state index contributed by atoms with van der Waals surface area (Å²) in [5.74, 6) is 0.688. The monoisotopic (exact) mass is 452 g/mol. The van der Waals surface area contributed by atoms with Gasteiger partial charge in [-0.25, -0.2) is 9.78 Å². The lowest BCUT2D eigenvalue weighted by Crippen LogP contribution is -2.44. The summed E-state index contributed by atoms with van der Waals surface area (Å²) >= 11 is 7.42. The molecule has 1 aromatic heterocycles. The SMILES string of the molecule is CCC(CNC(=O)Nc1nc(CN2CC(C)OC(C)C2)cs1)Oc1cccc(Cl)c1. The smallest absolute Gasteiger partial charge is 0.321 e. The number of amides is 2. The molecular weight excluding hydrogens is 424 g/mol. The Morgan fingerprint density at radius 1 is 1.40 bits per heavy atom. The van der Waals surface area contributed by atoms with Crippen LogP contribution in [-0.2, 0) is 11.3 Å². The zero-order chi connectivity index (χ0) is 21.5. The number of thiazole rings is 1. The van der Waals surface area contributed by atoms with Gasteiger partial charge in [0, 0.05) is 30.0 Å². The van der Waals surface area contributed by atoms with Crippen LogP contribution in [0.3, 0.4) is 0 Å². The van der Waals surface area contributed by atoms with Crippen LogP contribution in [0.25, 0.3) is 0 Å². The van der Waals surface area contributed by atoms with Crippen molar-refractivity contribution in [1.29, 1.82) is 0 Å². The maximum Gasteiger partial charge on any atom is 0.321 e. The molecule has 9 heteroatoms. The zero-order valence-electron chi connectivity index (χ0n) is 17.6. The fourth-order valence-corrected chi connectivity index (χ4v) is 4.31. The first kappa shape index (κ1) is 22.8. The standard InChI is InChI=1S/C21H29ClN4O3S/c1-4-18(29-19-7-5-6-16(22)8-19)9-23-20(27)25-21-24-17(13-30-21)12-26-10-14(2)28-15(3)11-26/h5-8,13-15,18H,4,9-12H2,1-3H3,(H2,23,24,25,27). The molecular formula is C21H29ClN4O3S. The fraction of sp³-hybridized carbons (Fsp3) is 0.524. The first-order chi connectivity index (χ1) is 14.4. The molecule has 0 spiro atoms. The van der Waals surface area contributed by atoms with Crippen molar-refractivity contribution >= 4 is 34.1 Å². The topological polar surface area (TPSA) is 75.7 Å². The van der Waals surface area contributed by atoms with E-state index in [1.54, 1.807) is 12.1 Å². The van der Waals surface area contributed by atoms with Crippen molar-refractivity contribution in [2.45, 2.75) is 52.0 Å². The van der Waals surface area contributed by atoms with Crippen LogP contribution < -0.4 is 15.4 Å². The highest BCUT2D eigenvalue weighted by molar-refractivity contribution is 7.13. The number of carbonyl (C=O) groups is 1. The lowest BCUT2D eigenvalue weighted by Gasteiger charge is -2.34. The van der Waals surface area contributed by atoms with E-state index >= 15 is 0 Å². The van der Waals surface area contributed by atoms with Crippen LogP contribution >= 0.6 is 22.9 Å². The van der Waals surface area contributed by atoms with E-state index in [0.717, 1.165) is 31.7 Å². The molecule has 2 amide bonds. The maximum atomic E-state index is 12.3. The number of carbonyl (C=O) groups excluding carboxylic acids is 1. The molecule has 1 aromatic carbocycles. The molecule has 164 valence electrons. The third kappa shape index (κ3) is 7.12. The lowest BCUT2D eigenvalue weighted by atomic mass is 10.2. The highest BCUT2D eigenvalue weighted by Gasteiger charge is 2.22. The van der Waals surface area contributed by atoms with Crippen LogP contribution in [0, 0.1) is 0 Å². The Kier molecular flexibility index (Phi) is 8.32. The molecule has 3 unspecified atom stereocenters. The molecule has 3 rings (SSSR count). The average molecular weight is 453 g/mol. The molecule has 30 heavy (non-hydrogen) atoms. The number of rotatable bonds is 8. The van der Waals surface area contributed by atoms with Gasteiger partial charge in [-0.15, -0.1) is 11.3 Å². The molecule has 0 saturated carbocycles. The van der Waals surface area contributed by atoms with Crippen LogP contribution in [-0.4, -0.2) is 53.9 Å². The second-order valence-electron chi connectivity index (χ2n) is 7.54. The predicted octanol–water partition coefficient (Wildman–Crippen LogP) is 4.38. The first-order valence-corrected chi connectivity index (χ1v) is 11.5. The van der Waals surface area contributed by atoms with Gasteiger partial charge in [0.15, 0.2) is 5.13 Å². The largest absolute Gasteiger partial charge is 0.489 e. The van der Waals surface area contributed by atoms with Gasteiger partial charge in [0.1, 0.15) is 11.9 Å². The molecule has 0 aliphatic carbocycles. The summed E-state index contributed by atoms with van der Waals surface area (Å²) in [6.45, 7) is 9.09. The molecule has 1 aliphatic heterocycles. The van der Waals surface area contributed by atoms with E-state index in [1.165, 1.54) is 11.3 Å².